The fourth-order valence-electron chi connectivity index (χ4n) is 3.86. The lowest BCUT2D eigenvalue weighted by atomic mass is 9.85. The standard InChI is InChI=1S/C17H22O4/c1-10-8-14-16(13(10)9-18)12-5-3-4-11(17(12)21-14)6-7-15(19)20-2/h3-5,10,13-14,16,18H,6-9H2,1-2H3/t10-,13+,14+,16-/m1/s1. The quantitative estimate of drug-likeness (QED) is 0.864. The minimum atomic E-state index is -0.201. The first-order chi connectivity index (χ1) is 10.2. The Balaban J connectivity index is 1.85. The first-order valence-corrected chi connectivity index (χ1v) is 7.61. The summed E-state index contributed by atoms with van der Waals surface area (Å²) < 4.78 is 10.9. The molecule has 1 aliphatic heterocycles. The molecule has 0 spiro atoms. The molecule has 4 atom stereocenters. The number of methoxy groups -OCH3 is 1. The molecule has 1 N–H and O–H groups in total. The topological polar surface area (TPSA) is 55.8 Å². The summed E-state index contributed by atoms with van der Waals surface area (Å²) in [6.07, 6.45) is 2.16. The van der Waals surface area contributed by atoms with E-state index in [0.717, 1.165) is 17.7 Å². The van der Waals surface area contributed by atoms with Gasteiger partial charge in [0.05, 0.1) is 7.11 Å². The van der Waals surface area contributed by atoms with Gasteiger partial charge in [-0.3, -0.25) is 4.79 Å². The number of benzene rings is 1. The zero-order chi connectivity index (χ0) is 15.0. The Kier molecular flexibility index (Phi) is 3.89. The van der Waals surface area contributed by atoms with E-state index < -0.39 is 0 Å². The minimum absolute atomic E-state index is 0.173. The maximum absolute atomic E-state index is 11.3. The number of aryl methyl sites for hydroxylation is 1. The molecule has 0 amide bonds. The maximum Gasteiger partial charge on any atom is 0.305 e. The van der Waals surface area contributed by atoms with Crippen LogP contribution in [-0.2, 0) is 16.0 Å². The van der Waals surface area contributed by atoms with Crippen molar-refractivity contribution in [2.24, 2.45) is 11.8 Å². The number of carbonyl (C=O) groups excluding carboxylic acids is 1. The van der Waals surface area contributed by atoms with E-state index in [2.05, 4.69) is 13.0 Å². The van der Waals surface area contributed by atoms with E-state index in [1.54, 1.807) is 0 Å². The van der Waals surface area contributed by atoms with Crippen LogP contribution in [0.2, 0.25) is 0 Å². The second-order valence-corrected chi connectivity index (χ2v) is 6.15. The van der Waals surface area contributed by atoms with Crippen LogP contribution >= 0.6 is 0 Å². The maximum atomic E-state index is 11.3. The van der Waals surface area contributed by atoms with Crippen molar-refractivity contribution in [2.75, 3.05) is 13.7 Å². The Morgan fingerprint density at radius 1 is 1.48 bits per heavy atom. The predicted octanol–water partition coefficient (Wildman–Crippen LogP) is 2.29. The molecule has 21 heavy (non-hydrogen) atoms. The average molecular weight is 290 g/mol. The van der Waals surface area contributed by atoms with Crippen molar-refractivity contribution in [1.82, 2.24) is 0 Å². The lowest BCUT2D eigenvalue weighted by molar-refractivity contribution is -0.140. The third-order valence-corrected chi connectivity index (χ3v) is 4.99. The zero-order valence-electron chi connectivity index (χ0n) is 12.5. The lowest BCUT2D eigenvalue weighted by Gasteiger charge is -2.18. The number of rotatable bonds is 4. The molecule has 1 aromatic carbocycles. The molecule has 1 saturated carbocycles. The number of fused-ring (bicyclic) bond motifs is 3. The van der Waals surface area contributed by atoms with Gasteiger partial charge in [0.2, 0.25) is 0 Å². The molecule has 4 heteroatoms. The molecule has 3 rings (SSSR count). The van der Waals surface area contributed by atoms with Gasteiger partial charge >= 0.3 is 5.97 Å². The van der Waals surface area contributed by atoms with Crippen molar-refractivity contribution in [3.05, 3.63) is 29.3 Å². The Morgan fingerprint density at radius 2 is 2.29 bits per heavy atom. The van der Waals surface area contributed by atoms with Crippen LogP contribution in [0.15, 0.2) is 18.2 Å². The van der Waals surface area contributed by atoms with E-state index in [4.69, 9.17) is 9.47 Å². The second-order valence-electron chi connectivity index (χ2n) is 6.15. The summed E-state index contributed by atoms with van der Waals surface area (Å²) in [7, 11) is 1.41. The molecular formula is C17H22O4. The Morgan fingerprint density at radius 3 is 3.00 bits per heavy atom. The average Bonchev–Trinajstić information content (AvgIpc) is 2.99. The van der Waals surface area contributed by atoms with Gasteiger partial charge in [-0.1, -0.05) is 25.1 Å². The number of para-hydroxylation sites is 1. The highest BCUT2D eigenvalue weighted by Crippen LogP contribution is 2.53. The van der Waals surface area contributed by atoms with Crippen LogP contribution in [0.1, 0.15) is 36.8 Å². The Hall–Kier alpha value is -1.55. The first kappa shape index (κ1) is 14.4. The molecule has 2 aliphatic rings. The third kappa shape index (κ3) is 2.42. The van der Waals surface area contributed by atoms with Crippen molar-refractivity contribution < 1.29 is 19.4 Å². The van der Waals surface area contributed by atoms with E-state index >= 15 is 0 Å². The molecule has 4 nitrogen and oxygen atoms in total. The number of hydrogen-bond acceptors (Lipinski definition) is 4. The number of carbonyl (C=O) groups is 1. The van der Waals surface area contributed by atoms with E-state index in [9.17, 15) is 9.90 Å². The highest BCUT2D eigenvalue weighted by Gasteiger charge is 2.48. The Bertz CT molecular complexity index is 540. The highest BCUT2D eigenvalue weighted by atomic mass is 16.5. The molecule has 0 aromatic heterocycles. The summed E-state index contributed by atoms with van der Waals surface area (Å²) >= 11 is 0. The summed E-state index contributed by atoms with van der Waals surface area (Å²) in [6.45, 7) is 2.39. The fraction of sp³-hybridized carbons (Fsp3) is 0.588. The summed E-state index contributed by atoms with van der Waals surface area (Å²) in [5.74, 6) is 1.77. The lowest BCUT2D eigenvalue weighted by Crippen LogP contribution is -2.18. The van der Waals surface area contributed by atoms with E-state index in [1.807, 2.05) is 12.1 Å². The van der Waals surface area contributed by atoms with Gasteiger partial charge in [0.1, 0.15) is 11.9 Å². The number of aliphatic hydroxyl groups excluding tert-OH is 1. The summed E-state index contributed by atoms with van der Waals surface area (Å²) in [6, 6.07) is 6.14. The molecule has 0 bridgehead atoms. The van der Waals surface area contributed by atoms with Crippen LogP contribution in [0, 0.1) is 11.8 Å². The molecule has 114 valence electrons. The molecular weight excluding hydrogens is 268 g/mol. The minimum Gasteiger partial charge on any atom is -0.489 e. The van der Waals surface area contributed by atoms with Gasteiger partial charge in [0.25, 0.3) is 0 Å². The van der Waals surface area contributed by atoms with Crippen molar-refractivity contribution in [2.45, 2.75) is 38.2 Å². The normalized spacial score (nSPS) is 29.7. The van der Waals surface area contributed by atoms with Crippen molar-refractivity contribution in [3.63, 3.8) is 0 Å². The largest absolute Gasteiger partial charge is 0.489 e. The summed E-state index contributed by atoms with van der Waals surface area (Å²) in [4.78, 5) is 11.3. The molecule has 1 fully saturated rings. The van der Waals surface area contributed by atoms with E-state index in [0.29, 0.717) is 18.8 Å². The van der Waals surface area contributed by atoms with Crippen LogP contribution in [-0.4, -0.2) is 30.9 Å². The smallest absolute Gasteiger partial charge is 0.305 e. The SMILES string of the molecule is COC(=O)CCc1cccc2c1O[C@H]1C[C@@H](C)[C@H](CO)[C@@H]21. The molecule has 0 unspecified atom stereocenters. The number of ether oxygens (including phenoxy) is 2. The summed E-state index contributed by atoms with van der Waals surface area (Å²) in [5.41, 5.74) is 2.27. The second kappa shape index (κ2) is 5.68. The van der Waals surface area contributed by atoms with E-state index in [1.165, 1.54) is 12.7 Å². The number of aliphatic hydroxyl groups is 1. The molecule has 0 saturated heterocycles. The van der Waals surface area contributed by atoms with Gasteiger partial charge in [-0.2, -0.15) is 0 Å². The van der Waals surface area contributed by atoms with Gasteiger partial charge in [0.15, 0.2) is 0 Å². The van der Waals surface area contributed by atoms with Crippen LogP contribution in [0.5, 0.6) is 5.75 Å². The molecule has 0 radical (unpaired) electrons. The van der Waals surface area contributed by atoms with Gasteiger partial charge in [-0.25, -0.2) is 0 Å². The monoisotopic (exact) mass is 290 g/mol. The van der Waals surface area contributed by atoms with Crippen LogP contribution < -0.4 is 4.74 Å². The number of hydrogen-bond donors (Lipinski definition) is 1. The van der Waals surface area contributed by atoms with E-state index in [-0.39, 0.29) is 30.5 Å². The fourth-order valence-corrected chi connectivity index (χ4v) is 3.86. The highest BCUT2D eigenvalue weighted by molar-refractivity contribution is 5.69. The van der Waals surface area contributed by atoms with Crippen molar-refractivity contribution in [1.29, 1.82) is 0 Å². The van der Waals surface area contributed by atoms with Crippen molar-refractivity contribution in [3.8, 4) is 5.75 Å². The van der Waals surface area contributed by atoms with Crippen LogP contribution in [0.4, 0.5) is 0 Å². The van der Waals surface area contributed by atoms with Crippen LogP contribution in [0.25, 0.3) is 0 Å². The van der Waals surface area contributed by atoms with Crippen molar-refractivity contribution >= 4 is 5.97 Å². The predicted molar refractivity (Wildman–Crippen MR) is 78.3 cm³/mol. The van der Waals surface area contributed by atoms with Gasteiger partial charge in [0, 0.05) is 24.5 Å². The van der Waals surface area contributed by atoms with Crippen LogP contribution in [0.3, 0.4) is 0 Å². The molecule has 1 aromatic rings. The summed E-state index contributed by atoms with van der Waals surface area (Å²) in [5, 5.41) is 9.67. The Labute approximate surface area is 125 Å². The van der Waals surface area contributed by atoms with Gasteiger partial charge in [-0.05, 0) is 30.2 Å². The third-order valence-electron chi connectivity index (χ3n) is 4.99. The molecule has 1 aliphatic carbocycles. The van der Waals surface area contributed by atoms with Gasteiger partial charge in [-0.15, -0.1) is 0 Å². The molecule has 1 heterocycles. The van der Waals surface area contributed by atoms with Gasteiger partial charge < -0.3 is 14.6 Å². The zero-order valence-corrected chi connectivity index (χ0v) is 12.5. The number of esters is 1. The first-order valence-electron chi connectivity index (χ1n) is 7.61.